The Kier molecular flexibility index (Phi) is 4.74. The van der Waals surface area contributed by atoms with E-state index in [-0.39, 0.29) is 6.04 Å². The molecular weight excluding hydrogens is 333 g/mol. The zero-order valence-corrected chi connectivity index (χ0v) is 15.2. The summed E-state index contributed by atoms with van der Waals surface area (Å²) in [5, 5.41) is 7.50. The molecule has 0 saturated carbocycles. The minimum atomic E-state index is -0.778. The number of hydrogen-bond donors (Lipinski definition) is 1. The molecule has 138 valence electrons. The Labute approximate surface area is 152 Å². The van der Waals surface area contributed by atoms with Crippen LogP contribution in [0.4, 0.5) is 4.39 Å². The van der Waals surface area contributed by atoms with Crippen LogP contribution in [0.15, 0.2) is 35.1 Å². The fourth-order valence-corrected chi connectivity index (χ4v) is 3.78. The van der Waals surface area contributed by atoms with Gasteiger partial charge in [-0.1, -0.05) is 11.2 Å². The average molecular weight is 357 g/mol. The summed E-state index contributed by atoms with van der Waals surface area (Å²) in [5.41, 5.74) is 4.05. The number of likely N-dealkylation sites (tertiary alicyclic amines) is 1. The van der Waals surface area contributed by atoms with Crippen molar-refractivity contribution in [2.45, 2.75) is 45.6 Å². The van der Waals surface area contributed by atoms with Crippen LogP contribution in [-0.4, -0.2) is 44.7 Å². The summed E-state index contributed by atoms with van der Waals surface area (Å²) in [6.45, 7) is 6.47. The van der Waals surface area contributed by atoms with Crippen molar-refractivity contribution in [3.63, 3.8) is 0 Å². The van der Waals surface area contributed by atoms with Crippen LogP contribution in [0.25, 0.3) is 5.65 Å². The van der Waals surface area contributed by atoms with E-state index < -0.39 is 6.17 Å². The number of rotatable bonds is 6. The predicted octanol–water partition coefficient (Wildman–Crippen LogP) is 2.64. The Balaban J connectivity index is 1.39. The molecule has 1 aliphatic heterocycles. The number of nitrogens with one attached hydrogen (secondary N) is 1. The lowest BCUT2D eigenvalue weighted by Crippen LogP contribution is -2.37. The van der Waals surface area contributed by atoms with Gasteiger partial charge in [0.25, 0.3) is 0 Å². The number of pyridine rings is 1. The smallest absolute Gasteiger partial charge is 0.138 e. The van der Waals surface area contributed by atoms with Crippen LogP contribution in [0.1, 0.15) is 29.1 Å². The lowest BCUT2D eigenvalue weighted by molar-refractivity contribution is 0.228. The van der Waals surface area contributed by atoms with Gasteiger partial charge in [0, 0.05) is 55.9 Å². The standard InChI is InChI=1S/C19H24FN5O/c1-13-18(14(2)26-23-13)12-24-11-15(20)8-17(24)10-21-9-16-4-3-5-19-22-6-7-25(16)19/h3-7,15,17,21H,8-12H2,1-2H3/t15-,17-/m0/s1. The van der Waals surface area contributed by atoms with Gasteiger partial charge in [-0.2, -0.15) is 0 Å². The summed E-state index contributed by atoms with van der Waals surface area (Å²) in [5.74, 6) is 0.823. The maximum Gasteiger partial charge on any atom is 0.138 e. The molecule has 0 unspecified atom stereocenters. The monoisotopic (exact) mass is 357 g/mol. The summed E-state index contributed by atoms with van der Waals surface area (Å²) < 4.78 is 21.4. The van der Waals surface area contributed by atoms with Crippen molar-refractivity contribution in [1.29, 1.82) is 0 Å². The number of halogens is 1. The van der Waals surface area contributed by atoms with Crippen LogP contribution in [0, 0.1) is 13.8 Å². The largest absolute Gasteiger partial charge is 0.361 e. The number of imidazole rings is 1. The van der Waals surface area contributed by atoms with Crippen LogP contribution in [0.3, 0.4) is 0 Å². The number of nitrogens with zero attached hydrogens (tertiary/aromatic N) is 4. The SMILES string of the molecule is Cc1noc(C)c1CN1C[C@@H](F)C[C@H]1CNCc1cccc2nccn12. The number of fused-ring (bicyclic) bond motifs is 1. The number of alkyl halides is 1. The van der Waals surface area contributed by atoms with E-state index in [1.165, 1.54) is 0 Å². The van der Waals surface area contributed by atoms with Crippen molar-refractivity contribution in [2.24, 2.45) is 0 Å². The maximum atomic E-state index is 14.0. The highest BCUT2D eigenvalue weighted by molar-refractivity contribution is 5.39. The second-order valence-electron chi connectivity index (χ2n) is 7.02. The fraction of sp³-hybridized carbons (Fsp3) is 0.474. The molecule has 26 heavy (non-hydrogen) atoms. The van der Waals surface area contributed by atoms with Gasteiger partial charge in [-0.25, -0.2) is 9.37 Å². The van der Waals surface area contributed by atoms with Gasteiger partial charge >= 0.3 is 0 Å². The van der Waals surface area contributed by atoms with E-state index in [4.69, 9.17) is 4.52 Å². The molecule has 1 saturated heterocycles. The molecule has 1 N–H and O–H groups in total. The summed E-state index contributed by atoms with van der Waals surface area (Å²) in [7, 11) is 0. The summed E-state index contributed by atoms with van der Waals surface area (Å²) in [4.78, 5) is 6.50. The molecule has 0 radical (unpaired) electrons. The highest BCUT2D eigenvalue weighted by Crippen LogP contribution is 2.24. The van der Waals surface area contributed by atoms with Crippen molar-refractivity contribution in [3.8, 4) is 0 Å². The second-order valence-corrected chi connectivity index (χ2v) is 7.02. The van der Waals surface area contributed by atoms with Crippen LogP contribution in [-0.2, 0) is 13.1 Å². The van der Waals surface area contributed by atoms with E-state index in [1.54, 1.807) is 6.20 Å². The van der Waals surface area contributed by atoms with Crippen molar-refractivity contribution in [1.82, 2.24) is 24.8 Å². The van der Waals surface area contributed by atoms with Crippen LogP contribution < -0.4 is 5.32 Å². The molecule has 4 heterocycles. The topological polar surface area (TPSA) is 58.6 Å². The number of aromatic nitrogens is 3. The first-order valence-electron chi connectivity index (χ1n) is 9.03. The van der Waals surface area contributed by atoms with Crippen LogP contribution >= 0.6 is 0 Å². The molecule has 1 fully saturated rings. The van der Waals surface area contributed by atoms with Crippen molar-refractivity contribution >= 4 is 5.65 Å². The highest BCUT2D eigenvalue weighted by atomic mass is 19.1. The fourth-order valence-electron chi connectivity index (χ4n) is 3.78. The zero-order valence-electron chi connectivity index (χ0n) is 15.2. The predicted molar refractivity (Wildman–Crippen MR) is 96.6 cm³/mol. The molecule has 7 heteroatoms. The lowest BCUT2D eigenvalue weighted by atomic mass is 10.1. The molecule has 0 aromatic carbocycles. The molecular formula is C19H24FN5O. The average Bonchev–Trinajstić information content (AvgIpc) is 3.31. The highest BCUT2D eigenvalue weighted by Gasteiger charge is 2.32. The molecule has 1 aliphatic rings. The summed E-state index contributed by atoms with van der Waals surface area (Å²) >= 11 is 0. The van der Waals surface area contributed by atoms with Gasteiger partial charge in [0.05, 0.1) is 5.69 Å². The molecule has 0 aliphatic carbocycles. The van der Waals surface area contributed by atoms with Gasteiger partial charge in [-0.15, -0.1) is 0 Å². The lowest BCUT2D eigenvalue weighted by Gasteiger charge is -2.24. The normalized spacial score (nSPS) is 21.0. The number of hydrogen-bond acceptors (Lipinski definition) is 5. The Morgan fingerprint density at radius 2 is 2.23 bits per heavy atom. The third kappa shape index (κ3) is 3.37. The summed E-state index contributed by atoms with van der Waals surface area (Å²) in [6, 6.07) is 6.24. The maximum absolute atomic E-state index is 14.0. The van der Waals surface area contributed by atoms with E-state index in [0.717, 1.165) is 41.4 Å². The van der Waals surface area contributed by atoms with Gasteiger partial charge in [0.2, 0.25) is 0 Å². The van der Waals surface area contributed by atoms with Crippen molar-refractivity contribution < 1.29 is 8.91 Å². The van der Waals surface area contributed by atoms with Crippen molar-refractivity contribution in [2.75, 3.05) is 13.1 Å². The minimum absolute atomic E-state index is 0.167. The third-order valence-corrected chi connectivity index (χ3v) is 5.22. The van der Waals surface area contributed by atoms with E-state index in [1.807, 2.05) is 32.2 Å². The van der Waals surface area contributed by atoms with Gasteiger partial charge < -0.3 is 14.2 Å². The first-order chi connectivity index (χ1) is 12.6. The van der Waals surface area contributed by atoms with Gasteiger partial charge in [-0.3, -0.25) is 4.90 Å². The summed E-state index contributed by atoms with van der Waals surface area (Å²) in [6.07, 6.45) is 3.54. The zero-order chi connectivity index (χ0) is 18.1. The molecule has 0 amide bonds. The Morgan fingerprint density at radius 3 is 3.04 bits per heavy atom. The van der Waals surface area contributed by atoms with Crippen LogP contribution in [0.5, 0.6) is 0 Å². The van der Waals surface area contributed by atoms with Gasteiger partial charge in [-0.05, 0) is 32.4 Å². The third-order valence-electron chi connectivity index (χ3n) is 5.22. The quantitative estimate of drug-likeness (QED) is 0.735. The molecule has 2 atom stereocenters. The molecule has 4 rings (SSSR count). The van der Waals surface area contributed by atoms with E-state index in [2.05, 4.69) is 30.8 Å². The van der Waals surface area contributed by atoms with E-state index >= 15 is 0 Å². The Hall–Kier alpha value is -2.25. The first-order valence-corrected chi connectivity index (χ1v) is 9.03. The van der Waals surface area contributed by atoms with Crippen LogP contribution in [0.2, 0.25) is 0 Å². The van der Waals surface area contributed by atoms with E-state index in [9.17, 15) is 4.39 Å². The minimum Gasteiger partial charge on any atom is -0.361 e. The molecule has 3 aromatic rings. The molecule has 6 nitrogen and oxygen atoms in total. The van der Waals surface area contributed by atoms with Gasteiger partial charge in [0.15, 0.2) is 0 Å². The molecule has 3 aromatic heterocycles. The first kappa shape index (κ1) is 17.2. The number of aryl methyl sites for hydroxylation is 2. The van der Waals surface area contributed by atoms with Crippen molar-refractivity contribution in [3.05, 3.63) is 53.3 Å². The Bertz CT molecular complexity index is 870. The Morgan fingerprint density at radius 1 is 1.35 bits per heavy atom. The van der Waals surface area contributed by atoms with Gasteiger partial charge in [0.1, 0.15) is 17.6 Å². The molecule has 0 spiro atoms. The molecule has 0 bridgehead atoms. The second kappa shape index (κ2) is 7.17. The van der Waals surface area contributed by atoms with E-state index in [0.29, 0.717) is 19.5 Å².